The molecule has 0 aromatic carbocycles. The smallest absolute Gasteiger partial charge is 0.269 e. The van der Waals surface area contributed by atoms with Crippen LogP contribution in [0.4, 0.5) is 5.13 Å². The molecule has 116 valence electrons. The van der Waals surface area contributed by atoms with Crippen LogP contribution in [0.3, 0.4) is 0 Å². The highest BCUT2D eigenvalue weighted by Gasteiger charge is 2.17. The maximum atomic E-state index is 11.8. The number of thioether (sulfide) groups is 1. The zero-order valence-electron chi connectivity index (χ0n) is 11.6. The van der Waals surface area contributed by atoms with Crippen LogP contribution in [0.1, 0.15) is 6.92 Å². The van der Waals surface area contributed by atoms with Crippen LogP contribution in [0.5, 0.6) is 0 Å². The predicted octanol–water partition coefficient (Wildman–Crippen LogP) is 0.488. The van der Waals surface area contributed by atoms with Gasteiger partial charge in [0.05, 0.1) is 12.5 Å². The van der Waals surface area contributed by atoms with Gasteiger partial charge in [0.1, 0.15) is 0 Å². The lowest BCUT2D eigenvalue weighted by atomic mass is 10.1. The molecule has 2 N–H and O–H groups in total. The topological polar surface area (TPSA) is 113 Å². The Morgan fingerprint density at radius 3 is 2.91 bits per heavy atom. The first-order valence-electron chi connectivity index (χ1n) is 6.38. The SMILES string of the molecule is CCSc1nnc(NC(=O)CNC(=O)C2C=CC(=O)N=C2)s1. The average molecular weight is 339 g/mol. The molecule has 0 fully saturated rings. The van der Waals surface area contributed by atoms with E-state index < -0.39 is 23.6 Å². The van der Waals surface area contributed by atoms with Crippen molar-refractivity contribution in [2.75, 3.05) is 17.6 Å². The van der Waals surface area contributed by atoms with E-state index in [1.807, 2.05) is 6.92 Å². The van der Waals surface area contributed by atoms with Gasteiger partial charge in [0, 0.05) is 12.3 Å². The van der Waals surface area contributed by atoms with Gasteiger partial charge in [-0.1, -0.05) is 36.1 Å². The Balaban J connectivity index is 1.77. The van der Waals surface area contributed by atoms with Crippen LogP contribution in [0.25, 0.3) is 0 Å². The molecule has 0 saturated heterocycles. The van der Waals surface area contributed by atoms with Crippen LogP contribution in [0.15, 0.2) is 21.5 Å². The van der Waals surface area contributed by atoms with Crippen LogP contribution < -0.4 is 10.6 Å². The lowest BCUT2D eigenvalue weighted by molar-refractivity contribution is -0.124. The van der Waals surface area contributed by atoms with Gasteiger partial charge in [-0.3, -0.25) is 19.7 Å². The molecule has 0 aliphatic carbocycles. The summed E-state index contributed by atoms with van der Waals surface area (Å²) in [5.74, 6) is -0.969. The van der Waals surface area contributed by atoms with E-state index in [-0.39, 0.29) is 6.54 Å². The second-order valence-corrected chi connectivity index (χ2v) is 6.56. The Morgan fingerprint density at radius 2 is 2.23 bits per heavy atom. The molecule has 1 aromatic heterocycles. The summed E-state index contributed by atoms with van der Waals surface area (Å²) in [4.78, 5) is 37.9. The fourth-order valence-electron chi connectivity index (χ4n) is 1.48. The number of carbonyl (C=O) groups is 3. The van der Waals surface area contributed by atoms with Crippen LogP contribution in [0.2, 0.25) is 0 Å². The van der Waals surface area contributed by atoms with Crippen molar-refractivity contribution in [3.63, 3.8) is 0 Å². The van der Waals surface area contributed by atoms with Gasteiger partial charge >= 0.3 is 0 Å². The Kier molecular flexibility index (Phi) is 5.78. The summed E-state index contributed by atoms with van der Waals surface area (Å²) in [6.45, 7) is 1.80. The maximum absolute atomic E-state index is 11.8. The molecule has 8 nitrogen and oxygen atoms in total. The summed E-state index contributed by atoms with van der Waals surface area (Å²) in [5, 5.41) is 13.2. The summed E-state index contributed by atoms with van der Waals surface area (Å²) < 4.78 is 0.773. The zero-order chi connectivity index (χ0) is 15.9. The molecular weight excluding hydrogens is 326 g/mol. The normalized spacial score (nSPS) is 16.6. The van der Waals surface area contributed by atoms with Gasteiger partial charge in [-0.05, 0) is 5.75 Å². The number of nitrogens with zero attached hydrogens (tertiary/aromatic N) is 3. The Labute approximate surface area is 134 Å². The minimum absolute atomic E-state index is 0.194. The van der Waals surface area contributed by atoms with Gasteiger partial charge in [0.2, 0.25) is 16.9 Å². The second-order valence-electron chi connectivity index (χ2n) is 4.07. The van der Waals surface area contributed by atoms with Crippen molar-refractivity contribution in [3.8, 4) is 0 Å². The molecule has 10 heteroatoms. The molecule has 22 heavy (non-hydrogen) atoms. The lowest BCUT2D eigenvalue weighted by Crippen LogP contribution is -2.37. The quantitative estimate of drug-likeness (QED) is 0.576. The van der Waals surface area contributed by atoms with Crippen molar-refractivity contribution < 1.29 is 14.4 Å². The molecule has 0 saturated carbocycles. The summed E-state index contributed by atoms with van der Waals surface area (Å²) in [7, 11) is 0. The Bertz CT molecular complexity index is 624. The number of amides is 3. The number of dihydropyridines is 1. The molecule has 1 aromatic rings. The predicted molar refractivity (Wildman–Crippen MR) is 84.1 cm³/mol. The molecule has 3 amide bonds. The molecule has 1 unspecified atom stereocenters. The fraction of sp³-hybridized carbons (Fsp3) is 0.333. The van der Waals surface area contributed by atoms with Crippen molar-refractivity contribution >= 4 is 52.2 Å². The van der Waals surface area contributed by atoms with E-state index in [4.69, 9.17) is 0 Å². The number of hydrogen-bond donors (Lipinski definition) is 2. The van der Waals surface area contributed by atoms with Crippen LogP contribution >= 0.6 is 23.1 Å². The molecule has 1 aliphatic heterocycles. The third-order valence-corrected chi connectivity index (χ3v) is 4.31. The highest BCUT2D eigenvalue weighted by Crippen LogP contribution is 2.24. The second kappa shape index (κ2) is 7.80. The van der Waals surface area contributed by atoms with Gasteiger partial charge < -0.3 is 5.32 Å². The van der Waals surface area contributed by atoms with E-state index in [1.54, 1.807) is 0 Å². The third kappa shape index (κ3) is 4.74. The highest BCUT2D eigenvalue weighted by molar-refractivity contribution is 8.01. The van der Waals surface area contributed by atoms with Gasteiger partial charge in [-0.2, -0.15) is 0 Å². The first-order valence-corrected chi connectivity index (χ1v) is 8.19. The average Bonchev–Trinajstić information content (AvgIpc) is 2.93. The summed E-state index contributed by atoms with van der Waals surface area (Å²) in [6.07, 6.45) is 3.90. The van der Waals surface area contributed by atoms with Crippen molar-refractivity contribution in [1.82, 2.24) is 15.5 Å². The number of rotatable bonds is 6. The minimum Gasteiger partial charge on any atom is -0.346 e. The molecular formula is C12H13N5O3S2. The van der Waals surface area contributed by atoms with Crippen LogP contribution in [-0.4, -0.2) is 46.4 Å². The molecule has 0 spiro atoms. The van der Waals surface area contributed by atoms with E-state index in [2.05, 4.69) is 25.8 Å². The van der Waals surface area contributed by atoms with E-state index >= 15 is 0 Å². The molecule has 1 aliphatic rings. The van der Waals surface area contributed by atoms with E-state index in [9.17, 15) is 14.4 Å². The fourth-order valence-corrected chi connectivity index (χ4v) is 3.14. The third-order valence-electron chi connectivity index (χ3n) is 2.46. The largest absolute Gasteiger partial charge is 0.346 e. The first-order chi connectivity index (χ1) is 10.6. The summed E-state index contributed by atoms with van der Waals surface area (Å²) in [5.41, 5.74) is 0. The molecule has 1 atom stereocenters. The monoisotopic (exact) mass is 339 g/mol. The van der Waals surface area contributed by atoms with Gasteiger partial charge in [0.15, 0.2) is 4.34 Å². The lowest BCUT2D eigenvalue weighted by Gasteiger charge is -2.10. The first kappa shape index (κ1) is 16.3. The van der Waals surface area contributed by atoms with Crippen LogP contribution in [0, 0.1) is 5.92 Å². The molecule has 0 bridgehead atoms. The van der Waals surface area contributed by atoms with E-state index in [1.165, 1.54) is 41.5 Å². The standard InChI is InChI=1S/C12H13N5O3S2/c1-2-21-12-17-16-11(22-12)15-9(19)6-14-10(20)7-3-4-8(18)13-5-7/h3-5,7H,2,6H2,1H3,(H,14,20)(H,15,16,19). The van der Waals surface area contributed by atoms with Crippen molar-refractivity contribution in [1.29, 1.82) is 0 Å². The molecule has 0 radical (unpaired) electrons. The number of hydrogen-bond acceptors (Lipinski definition) is 7. The minimum atomic E-state index is -0.639. The van der Waals surface area contributed by atoms with Crippen molar-refractivity contribution in [2.45, 2.75) is 11.3 Å². The number of aliphatic imine (C=N–C) groups is 1. The summed E-state index contributed by atoms with van der Waals surface area (Å²) in [6, 6.07) is 0. The van der Waals surface area contributed by atoms with Gasteiger partial charge in [-0.25, -0.2) is 4.99 Å². The number of nitrogens with one attached hydrogen (secondary N) is 2. The van der Waals surface area contributed by atoms with E-state index in [0.717, 1.165) is 10.1 Å². The van der Waals surface area contributed by atoms with Crippen molar-refractivity contribution in [2.24, 2.45) is 10.9 Å². The van der Waals surface area contributed by atoms with Crippen molar-refractivity contribution in [3.05, 3.63) is 12.2 Å². The molecule has 2 heterocycles. The number of aromatic nitrogens is 2. The molecule has 2 rings (SSSR count). The van der Waals surface area contributed by atoms with Gasteiger partial charge in [0.25, 0.3) is 5.91 Å². The Morgan fingerprint density at radius 1 is 1.41 bits per heavy atom. The maximum Gasteiger partial charge on any atom is 0.269 e. The van der Waals surface area contributed by atoms with E-state index in [0.29, 0.717) is 5.13 Å². The van der Waals surface area contributed by atoms with Crippen LogP contribution in [-0.2, 0) is 14.4 Å². The highest BCUT2D eigenvalue weighted by atomic mass is 32.2. The Hall–Kier alpha value is -2.07. The summed E-state index contributed by atoms with van der Waals surface area (Å²) >= 11 is 2.81. The number of anilines is 1. The van der Waals surface area contributed by atoms with Gasteiger partial charge in [-0.15, -0.1) is 10.2 Å². The number of carbonyl (C=O) groups excluding carboxylic acids is 3. The zero-order valence-corrected chi connectivity index (χ0v) is 13.2.